The second-order valence-electron chi connectivity index (χ2n) is 11.1. The Morgan fingerprint density at radius 2 is 1.69 bits per heavy atom. The first-order chi connectivity index (χ1) is 20.3. The maximum Gasteiger partial charge on any atom is 0.246 e. The van der Waals surface area contributed by atoms with Crippen molar-refractivity contribution in [3.05, 3.63) is 77.9 Å². The number of hydrogen-bond donors (Lipinski definition) is 5. The second kappa shape index (κ2) is 13.0. The van der Waals surface area contributed by atoms with E-state index < -0.39 is 36.0 Å². The molecule has 3 aromatic rings. The van der Waals surface area contributed by atoms with Crippen LogP contribution in [0, 0.1) is 0 Å². The van der Waals surface area contributed by atoms with E-state index in [1.165, 1.54) is 12.1 Å². The molecule has 6 N–H and O–H groups in total. The van der Waals surface area contributed by atoms with Crippen molar-refractivity contribution in [3.63, 3.8) is 0 Å². The molecule has 10 nitrogen and oxygen atoms in total. The maximum atomic E-state index is 13.9. The number of phenols is 1. The lowest BCUT2D eigenvalue weighted by atomic mass is 9.99. The van der Waals surface area contributed by atoms with Crippen LogP contribution in [0.1, 0.15) is 36.8 Å². The number of nitrogens with two attached hydrogens (primary N) is 1. The van der Waals surface area contributed by atoms with Gasteiger partial charge in [-0.25, -0.2) is 0 Å². The Balaban J connectivity index is 1.36. The Kier molecular flexibility index (Phi) is 9.02. The quantitative estimate of drug-likeness (QED) is 0.302. The lowest BCUT2D eigenvalue weighted by Crippen LogP contribution is -2.59. The predicted molar refractivity (Wildman–Crippen MR) is 158 cm³/mol. The summed E-state index contributed by atoms with van der Waals surface area (Å²) in [6.45, 7) is 0.754. The van der Waals surface area contributed by atoms with Crippen LogP contribution in [0.15, 0.2) is 66.7 Å². The van der Waals surface area contributed by atoms with Crippen molar-refractivity contribution in [2.75, 3.05) is 13.1 Å². The van der Waals surface area contributed by atoms with Crippen LogP contribution in [0.4, 0.5) is 0 Å². The molecule has 0 saturated carbocycles. The van der Waals surface area contributed by atoms with E-state index in [9.17, 15) is 24.3 Å². The highest BCUT2D eigenvalue weighted by Crippen LogP contribution is 2.22. The van der Waals surface area contributed by atoms with E-state index in [1.807, 2.05) is 42.5 Å². The van der Waals surface area contributed by atoms with Crippen LogP contribution in [0.3, 0.4) is 0 Å². The molecular weight excluding hydrogens is 534 g/mol. The van der Waals surface area contributed by atoms with Crippen molar-refractivity contribution in [1.29, 1.82) is 0 Å². The fourth-order valence-electron chi connectivity index (χ4n) is 5.74. The van der Waals surface area contributed by atoms with Crippen molar-refractivity contribution < 1.29 is 24.3 Å². The molecule has 0 bridgehead atoms. The topological polar surface area (TPSA) is 154 Å². The fourth-order valence-corrected chi connectivity index (χ4v) is 5.74. The van der Waals surface area contributed by atoms with E-state index in [2.05, 4.69) is 16.0 Å². The van der Waals surface area contributed by atoms with Crippen molar-refractivity contribution in [2.24, 2.45) is 5.73 Å². The molecule has 4 amide bonds. The molecule has 2 aliphatic heterocycles. The van der Waals surface area contributed by atoms with E-state index in [0.29, 0.717) is 32.4 Å². The first-order valence-corrected chi connectivity index (χ1v) is 14.5. The molecular formula is C32H37N5O5. The lowest BCUT2D eigenvalue weighted by molar-refractivity contribution is -0.142. The number of benzene rings is 3. The van der Waals surface area contributed by atoms with Crippen LogP contribution in [0.5, 0.6) is 5.75 Å². The van der Waals surface area contributed by atoms with Gasteiger partial charge in [-0.1, -0.05) is 54.6 Å². The summed E-state index contributed by atoms with van der Waals surface area (Å²) in [6, 6.07) is 16.9. The summed E-state index contributed by atoms with van der Waals surface area (Å²) in [5.74, 6) is -1.38. The number of amides is 4. The largest absolute Gasteiger partial charge is 0.508 e. The molecule has 2 fully saturated rings. The van der Waals surface area contributed by atoms with Gasteiger partial charge < -0.3 is 31.7 Å². The van der Waals surface area contributed by atoms with E-state index in [-0.39, 0.29) is 36.8 Å². The standard InChI is InChI=1S/C32H37N5O5/c33-25(18-20-10-13-24(38)14-11-20)29(39)35-26-7-3-15-34-31(41)28-8-4-16-37(28)32(42)27(36-30(26)40)19-21-9-12-22-5-1-2-6-23(22)17-21/h1-2,5-6,9-14,17,25-28,38H,3-4,7-8,15-16,18-19,33H2,(H,34,41)(H,35,39)(H,36,40)/t25-,26?,27-,28+/m0/s1. The Labute approximate surface area is 244 Å². The summed E-state index contributed by atoms with van der Waals surface area (Å²) in [5, 5.41) is 20.2. The predicted octanol–water partition coefficient (Wildman–Crippen LogP) is 1.53. The minimum Gasteiger partial charge on any atom is -0.508 e. The van der Waals surface area contributed by atoms with Crippen molar-refractivity contribution in [1.82, 2.24) is 20.9 Å². The lowest BCUT2D eigenvalue weighted by Gasteiger charge is -2.31. The van der Waals surface area contributed by atoms with Crippen LogP contribution in [0.25, 0.3) is 10.8 Å². The number of nitrogens with one attached hydrogen (secondary N) is 3. The Morgan fingerprint density at radius 1 is 0.952 bits per heavy atom. The zero-order valence-corrected chi connectivity index (χ0v) is 23.4. The third-order valence-corrected chi connectivity index (χ3v) is 8.04. The van der Waals surface area contributed by atoms with Gasteiger partial charge in [-0.2, -0.15) is 0 Å². The highest BCUT2D eigenvalue weighted by molar-refractivity contribution is 5.95. The summed E-state index contributed by atoms with van der Waals surface area (Å²) >= 11 is 0. The number of aromatic hydroxyl groups is 1. The molecule has 4 atom stereocenters. The Hall–Kier alpha value is -4.44. The first kappa shape index (κ1) is 29.1. The average Bonchev–Trinajstić information content (AvgIpc) is 3.48. The van der Waals surface area contributed by atoms with E-state index in [4.69, 9.17) is 5.73 Å². The summed E-state index contributed by atoms with van der Waals surface area (Å²) in [7, 11) is 0. The van der Waals surface area contributed by atoms with E-state index >= 15 is 0 Å². The molecule has 42 heavy (non-hydrogen) atoms. The third-order valence-electron chi connectivity index (χ3n) is 8.04. The summed E-state index contributed by atoms with van der Waals surface area (Å²) < 4.78 is 0. The highest BCUT2D eigenvalue weighted by atomic mass is 16.3. The zero-order valence-electron chi connectivity index (χ0n) is 23.4. The van der Waals surface area contributed by atoms with Crippen molar-refractivity contribution in [3.8, 4) is 5.75 Å². The second-order valence-corrected chi connectivity index (χ2v) is 11.1. The van der Waals surface area contributed by atoms with Crippen LogP contribution < -0.4 is 21.7 Å². The van der Waals surface area contributed by atoms with Crippen LogP contribution >= 0.6 is 0 Å². The number of carbonyl (C=O) groups is 4. The number of rotatable bonds is 6. The molecule has 2 aliphatic rings. The van der Waals surface area contributed by atoms with E-state index in [0.717, 1.165) is 21.9 Å². The Morgan fingerprint density at radius 3 is 2.48 bits per heavy atom. The van der Waals surface area contributed by atoms with E-state index in [1.54, 1.807) is 17.0 Å². The monoisotopic (exact) mass is 571 g/mol. The summed E-state index contributed by atoms with van der Waals surface area (Å²) in [4.78, 5) is 55.1. The van der Waals surface area contributed by atoms with Gasteiger partial charge in [0, 0.05) is 19.5 Å². The number of phenolic OH excluding ortho intramolecular Hbond substituents is 1. The number of carbonyl (C=O) groups excluding carboxylic acids is 4. The molecule has 0 aliphatic carbocycles. The molecule has 2 saturated heterocycles. The first-order valence-electron chi connectivity index (χ1n) is 14.5. The van der Waals surface area contributed by atoms with Gasteiger partial charge in [0.1, 0.15) is 23.9 Å². The molecule has 1 unspecified atom stereocenters. The van der Waals surface area contributed by atoms with Gasteiger partial charge in [0.25, 0.3) is 0 Å². The number of nitrogens with zero attached hydrogens (tertiary/aromatic N) is 1. The minimum absolute atomic E-state index is 0.113. The fraction of sp³-hybridized carbons (Fsp3) is 0.375. The average molecular weight is 572 g/mol. The number of fused-ring (bicyclic) bond motifs is 2. The van der Waals surface area contributed by atoms with Gasteiger partial charge >= 0.3 is 0 Å². The van der Waals surface area contributed by atoms with Gasteiger partial charge in [0.05, 0.1) is 6.04 Å². The van der Waals surface area contributed by atoms with Crippen LogP contribution in [-0.4, -0.2) is 70.9 Å². The summed E-state index contributed by atoms with van der Waals surface area (Å²) in [6.07, 6.45) is 2.45. The molecule has 220 valence electrons. The van der Waals surface area contributed by atoms with Gasteiger partial charge in [0.15, 0.2) is 0 Å². The van der Waals surface area contributed by atoms with Gasteiger partial charge in [-0.3, -0.25) is 19.2 Å². The molecule has 3 aromatic carbocycles. The highest BCUT2D eigenvalue weighted by Gasteiger charge is 2.39. The van der Waals surface area contributed by atoms with Gasteiger partial charge in [-0.15, -0.1) is 0 Å². The van der Waals surface area contributed by atoms with Gasteiger partial charge in [-0.05, 0) is 66.1 Å². The molecule has 2 heterocycles. The molecule has 0 aromatic heterocycles. The van der Waals surface area contributed by atoms with Crippen LogP contribution in [0.2, 0.25) is 0 Å². The van der Waals surface area contributed by atoms with Crippen molar-refractivity contribution >= 4 is 34.4 Å². The minimum atomic E-state index is -0.944. The van der Waals surface area contributed by atoms with Crippen LogP contribution in [-0.2, 0) is 32.0 Å². The normalized spacial score (nSPS) is 22.4. The number of hydrogen-bond acceptors (Lipinski definition) is 6. The third kappa shape index (κ3) is 6.88. The Bertz CT molecular complexity index is 1460. The smallest absolute Gasteiger partial charge is 0.246 e. The van der Waals surface area contributed by atoms with Gasteiger partial charge in [0.2, 0.25) is 23.6 Å². The SMILES string of the molecule is N[C@@H](Cc1ccc(O)cc1)C(=O)NC1CCCNC(=O)[C@H]2CCCN2C(=O)[C@H](Cc2ccc3ccccc3c2)NC1=O. The molecule has 10 heteroatoms. The summed E-state index contributed by atoms with van der Waals surface area (Å²) in [5.41, 5.74) is 7.81. The zero-order chi connectivity index (χ0) is 29.6. The maximum absolute atomic E-state index is 13.9. The van der Waals surface area contributed by atoms with Crippen molar-refractivity contribution in [2.45, 2.75) is 62.7 Å². The molecule has 0 spiro atoms. The molecule has 5 rings (SSSR count). The molecule has 0 radical (unpaired) electrons.